The average molecular weight is 377 g/mol. The van der Waals surface area contributed by atoms with Gasteiger partial charge in [0.15, 0.2) is 21.5 Å². The van der Waals surface area contributed by atoms with Gasteiger partial charge in [0.1, 0.15) is 5.75 Å². The van der Waals surface area contributed by atoms with E-state index >= 15 is 0 Å². The van der Waals surface area contributed by atoms with Gasteiger partial charge < -0.3 is 10.0 Å². The average Bonchev–Trinajstić information content (AvgIpc) is 2.44. The van der Waals surface area contributed by atoms with E-state index in [1.807, 2.05) is 0 Å². The lowest BCUT2D eigenvalue weighted by atomic mass is 10.2. The highest BCUT2D eigenvalue weighted by Gasteiger charge is 2.23. The summed E-state index contributed by atoms with van der Waals surface area (Å²) in [4.78, 5) is 24.1. The first-order chi connectivity index (χ1) is 11.5. The van der Waals surface area contributed by atoms with E-state index < -0.39 is 39.1 Å². The molecule has 0 unspecified atom stereocenters. The molecule has 0 bridgehead atoms. The predicted molar refractivity (Wildman–Crippen MR) is 87.5 cm³/mol. The van der Waals surface area contributed by atoms with Crippen molar-refractivity contribution < 1.29 is 31.9 Å². The maximum absolute atomic E-state index is 13.3. The van der Waals surface area contributed by atoms with Gasteiger partial charge in [0.2, 0.25) is 5.91 Å². The van der Waals surface area contributed by atoms with E-state index in [1.165, 1.54) is 6.07 Å². The third kappa shape index (κ3) is 7.59. The number of rotatable bonds is 9. The van der Waals surface area contributed by atoms with E-state index in [1.54, 1.807) is 13.8 Å². The van der Waals surface area contributed by atoms with Crippen molar-refractivity contribution in [3.63, 3.8) is 0 Å². The lowest BCUT2D eigenvalue weighted by Gasteiger charge is -2.22. The Morgan fingerprint density at radius 2 is 1.84 bits per heavy atom. The van der Waals surface area contributed by atoms with Gasteiger partial charge in [0.25, 0.3) is 0 Å². The fraction of sp³-hybridized carbons (Fsp3) is 0.500. The summed E-state index contributed by atoms with van der Waals surface area (Å²) in [6.45, 7) is 2.96. The van der Waals surface area contributed by atoms with E-state index in [4.69, 9.17) is 5.11 Å². The fourth-order valence-corrected chi connectivity index (χ4v) is 3.92. The molecule has 140 valence electrons. The lowest BCUT2D eigenvalue weighted by Crippen LogP contribution is -2.37. The van der Waals surface area contributed by atoms with Crippen molar-refractivity contribution in [3.05, 3.63) is 35.4 Å². The maximum atomic E-state index is 13.3. The standard InChI is InChI=1S/C16H21F2NO5S/c1-11(2)9-25(23,24)10-15(20)19(6-5-16(21)22)8-12-3-4-13(17)14(18)7-12/h3-4,7,11H,5-6,8-10H2,1-2H3,(H,21,22). The lowest BCUT2D eigenvalue weighted by molar-refractivity contribution is -0.138. The van der Waals surface area contributed by atoms with Crippen molar-refractivity contribution in [1.82, 2.24) is 4.90 Å². The Balaban J connectivity index is 2.92. The van der Waals surface area contributed by atoms with Crippen molar-refractivity contribution in [2.75, 3.05) is 18.1 Å². The van der Waals surface area contributed by atoms with Crippen molar-refractivity contribution >= 4 is 21.7 Å². The van der Waals surface area contributed by atoms with E-state index in [9.17, 15) is 26.8 Å². The van der Waals surface area contributed by atoms with Crippen molar-refractivity contribution in [2.45, 2.75) is 26.8 Å². The number of carbonyl (C=O) groups is 2. The number of benzene rings is 1. The molecule has 0 fully saturated rings. The summed E-state index contributed by atoms with van der Waals surface area (Å²) < 4.78 is 50.2. The van der Waals surface area contributed by atoms with Gasteiger partial charge in [-0.25, -0.2) is 17.2 Å². The van der Waals surface area contributed by atoms with Gasteiger partial charge in [-0.15, -0.1) is 0 Å². The van der Waals surface area contributed by atoms with Gasteiger partial charge in [0, 0.05) is 13.1 Å². The Hall–Kier alpha value is -2.03. The van der Waals surface area contributed by atoms with Crippen LogP contribution in [0.2, 0.25) is 0 Å². The van der Waals surface area contributed by atoms with Crippen molar-refractivity contribution in [1.29, 1.82) is 0 Å². The molecule has 1 amide bonds. The number of carboxylic acids is 1. The van der Waals surface area contributed by atoms with Gasteiger partial charge in [0.05, 0.1) is 12.2 Å². The maximum Gasteiger partial charge on any atom is 0.305 e. The molecular weight excluding hydrogens is 356 g/mol. The molecule has 0 radical (unpaired) electrons. The van der Waals surface area contributed by atoms with Crippen LogP contribution in [-0.2, 0) is 26.0 Å². The minimum Gasteiger partial charge on any atom is -0.481 e. The summed E-state index contributed by atoms with van der Waals surface area (Å²) in [5, 5.41) is 8.78. The summed E-state index contributed by atoms with van der Waals surface area (Å²) in [5.74, 6) is -5.16. The van der Waals surface area contributed by atoms with Crippen LogP contribution in [-0.4, -0.2) is 48.4 Å². The second-order valence-electron chi connectivity index (χ2n) is 6.16. The summed E-state index contributed by atoms with van der Waals surface area (Å²) >= 11 is 0. The number of halogens is 2. The van der Waals surface area contributed by atoms with Crippen LogP contribution in [0.15, 0.2) is 18.2 Å². The third-order valence-electron chi connectivity index (χ3n) is 3.24. The molecule has 0 aromatic heterocycles. The molecule has 0 saturated heterocycles. The van der Waals surface area contributed by atoms with Crippen LogP contribution in [0.5, 0.6) is 0 Å². The van der Waals surface area contributed by atoms with Crippen LogP contribution in [0, 0.1) is 17.6 Å². The Morgan fingerprint density at radius 1 is 1.20 bits per heavy atom. The zero-order valence-corrected chi connectivity index (χ0v) is 14.9. The Morgan fingerprint density at radius 3 is 2.36 bits per heavy atom. The van der Waals surface area contributed by atoms with Crippen LogP contribution in [0.3, 0.4) is 0 Å². The van der Waals surface area contributed by atoms with Gasteiger partial charge in [-0.05, 0) is 23.6 Å². The first-order valence-corrected chi connectivity index (χ1v) is 9.46. The SMILES string of the molecule is CC(C)CS(=O)(=O)CC(=O)N(CCC(=O)O)Cc1ccc(F)c(F)c1. The number of nitrogens with zero attached hydrogens (tertiary/aromatic N) is 1. The largest absolute Gasteiger partial charge is 0.481 e. The predicted octanol–water partition coefficient (Wildman–Crippen LogP) is 1.84. The Bertz CT molecular complexity index is 734. The van der Waals surface area contributed by atoms with E-state index in [0.29, 0.717) is 0 Å². The number of carbonyl (C=O) groups excluding carboxylic acids is 1. The molecule has 6 nitrogen and oxygen atoms in total. The van der Waals surface area contributed by atoms with Crippen LogP contribution in [0.1, 0.15) is 25.8 Å². The molecule has 9 heteroatoms. The zero-order chi connectivity index (χ0) is 19.2. The van der Waals surface area contributed by atoms with Gasteiger partial charge >= 0.3 is 5.97 Å². The molecule has 0 aliphatic heterocycles. The van der Waals surface area contributed by atoms with E-state index in [0.717, 1.165) is 17.0 Å². The molecule has 0 aliphatic rings. The number of hydrogen-bond donors (Lipinski definition) is 1. The van der Waals surface area contributed by atoms with Gasteiger partial charge in [-0.2, -0.15) is 0 Å². The molecule has 1 rings (SSSR count). The molecule has 0 spiro atoms. The van der Waals surface area contributed by atoms with Crippen LogP contribution in [0.25, 0.3) is 0 Å². The highest BCUT2D eigenvalue weighted by molar-refractivity contribution is 7.92. The van der Waals surface area contributed by atoms with E-state index in [-0.39, 0.29) is 36.7 Å². The summed E-state index contributed by atoms with van der Waals surface area (Å²) in [5.41, 5.74) is 0.235. The molecule has 1 N–H and O–H groups in total. The Kier molecular flexibility index (Phi) is 7.47. The normalized spacial score (nSPS) is 11.6. The number of hydrogen-bond acceptors (Lipinski definition) is 4. The molecule has 25 heavy (non-hydrogen) atoms. The molecule has 0 saturated carbocycles. The van der Waals surface area contributed by atoms with Gasteiger partial charge in [-0.1, -0.05) is 19.9 Å². The summed E-state index contributed by atoms with van der Waals surface area (Å²) in [6.07, 6.45) is -0.389. The van der Waals surface area contributed by atoms with Crippen LogP contribution < -0.4 is 0 Å². The first-order valence-electron chi connectivity index (χ1n) is 7.64. The monoisotopic (exact) mass is 377 g/mol. The molecule has 0 aliphatic carbocycles. The topological polar surface area (TPSA) is 91.8 Å². The third-order valence-corrected chi connectivity index (χ3v) is 5.10. The second-order valence-corrected chi connectivity index (χ2v) is 8.27. The molecule has 0 heterocycles. The minimum absolute atomic E-state index is 0.156. The molecular formula is C16H21F2NO5S. The smallest absolute Gasteiger partial charge is 0.305 e. The summed E-state index contributed by atoms with van der Waals surface area (Å²) in [6, 6.07) is 3.03. The fourth-order valence-electron chi connectivity index (χ4n) is 2.23. The van der Waals surface area contributed by atoms with Crippen LogP contribution in [0.4, 0.5) is 8.78 Å². The minimum atomic E-state index is -3.64. The number of aliphatic carboxylic acids is 1. The van der Waals surface area contributed by atoms with Crippen molar-refractivity contribution in [3.8, 4) is 0 Å². The van der Waals surface area contributed by atoms with Crippen molar-refractivity contribution in [2.24, 2.45) is 5.92 Å². The number of sulfone groups is 1. The van der Waals surface area contributed by atoms with Gasteiger partial charge in [-0.3, -0.25) is 9.59 Å². The highest BCUT2D eigenvalue weighted by atomic mass is 32.2. The molecule has 1 aromatic carbocycles. The van der Waals surface area contributed by atoms with E-state index in [2.05, 4.69) is 0 Å². The number of carboxylic acid groups (broad SMARTS) is 1. The zero-order valence-electron chi connectivity index (χ0n) is 14.0. The second kappa shape index (κ2) is 8.89. The summed E-state index contributed by atoms with van der Waals surface area (Å²) in [7, 11) is -3.64. The number of amides is 1. The van der Waals surface area contributed by atoms with Crippen LogP contribution >= 0.6 is 0 Å². The quantitative estimate of drug-likeness (QED) is 0.709. The first kappa shape index (κ1) is 21.0. The molecule has 0 atom stereocenters. The highest BCUT2D eigenvalue weighted by Crippen LogP contribution is 2.12. The Labute approximate surface area is 145 Å². The molecule has 1 aromatic rings.